The van der Waals surface area contributed by atoms with Gasteiger partial charge in [-0.2, -0.15) is 0 Å². The number of nitrogens with two attached hydrogens (primary N) is 1. The summed E-state index contributed by atoms with van der Waals surface area (Å²) in [6.07, 6.45) is 2.04. The molecule has 122 valence electrons. The highest BCUT2D eigenvalue weighted by molar-refractivity contribution is 5.48. The van der Waals surface area contributed by atoms with Crippen LogP contribution in [0.2, 0.25) is 0 Å². The second-order valence-corrected chi connectivity index (χ2v) is 6.26. The Hall–Kier alpha value is -1.37. The average Bonchev–Trinajstić information content (AvgIpc) is 2.55. The van der Waals surface area contributed by atoms with Gasteiger partial charge in [0.15, 0.2) is 0 Å². The molecule has 6 heteroatoms. The summed E-state index contributed by atoms with van der Waals surface area (Å²) in [7, 11) is 0. The number of morpholine rings is 1. The standard InChI is InChI=1S/C16H26N4O2/c17-15-9-14(11-19-5-7-22-8-6-19)10-16(18-15)20-3-1-13(12-21)2-4-20/h9-10,13,21H,1-8,11-12H2,(H2,17,18). The van der Waals surface area contributed by atoms with Gasteiger partial charge in [-0.25, -0.2) is 4.98 Å². The molecule has 1 aromatic rings. The maximum atomic E-state index is 9.25. The largest absolute Gasteiger partial charge is 0.396 e. The number of rotatable bonds is 4. The van der Waals surface area contributed by atoms with Crippen molar-refractivity contribution in [3.8, 4) is 0 Å². The Morgan fingerprint density at radius 1 is 1.18 bits per heavy atom. The van der Waals surface area contributed by atoms with Crippen molar-refractivity contribution in [1.29, 1.82) is 0 Å². The molecule has 0 atom stereocenters. The Bertz CT molecular complexity index is 483. The fraction of sp³-hybridized carbons (Fsp3) is 0.688. The van der Waals surface area contributed by atoms with Crippen LogP contribution in [0.5, 0.6) is 0 Å². The number of piperidine rings is 1. The molecule has 3 rings (SSSR count). The molecule has 0 saturated carbocycles. The molecule has 0 unspecified atom stereocenters. The third-order valence-corrected chi connectivity index (χ3v) is 4.60. The first-order chi connectivity index (χ1) is 10.7. The predicted molar refractivity (Wildman–Crippen MR) is 86.8 cm³/mol. The summed E-state index contributed by atoms with van der Waals surface area (Å²) >= 11 is 0. The van der Waals surface area contributed by atoms with E-state index in [0.717, 1.165) is 64.6 Å². The SMILES string of the molecule is Nc1cc(CN2CCOCC2)cc(N2CCC(CO)CC2)n1. The Balaban J connectivity index is 1.67. The van der Waals surface area contributed by atoms with E-state index < -0.39 is 0 Å². The predicted octanol–water partition coefficient (Wildman–Crippen LogP) is 0.705. The zero-order valence-electron chi connectivity index (χ0n) is 13.1. The van der Waals surface area contributed by atoms with Crippen molar-refractivity contribution < 1.29 is 9.84 Å². The first-order valence-electron chi connectivity index (χ1n) is 8.17. The lowest BCUT2D eigenvalue weighted by Gasteiger charge is -2.32. The number of aliphatic hydroxyl groups is 1. The zero-order valence-corrected chi connectivity index (χ0v) is 13.1. The Morgan fingerprint density at radius 2 is 1.91 bits per heavy atom. The van der Waals surface area contributed by atoms with Gasteiger partial charge >= 0.3 is 0 Å². The monoisotopic (exact) mass is 306 g/mol. The molecule has 2 aliphatic heterocycles. The number of hydrogen-bond acceptors (Lipinski definition) is 6. The third-order valence-electron chi connectivity index (χ3n) is 4.60. The molecule has 22 heavy (non-hydrogen) atoms. The van der Waals surface area contributed by atoms with Crippen molar-refractivity contribution in [2.24, 2.45) is 5.92 Å². The Labute approximate surface area is 131 Å². The second kappa shape index (κ2) is 7.26. The Kier molecular flexibility index (Phi) is 5.12. The van der Waals surface area contributed by atoms with E-state index >= 15 is 0 Å². The maximum Gasteiger partial charge on any atom is 0.131 e. The zero-order chi connectivity index (χ0) is 15.4. The van der Waals surface area contributed by atoms with E-state index in [-0.39, 0.29) is 0 Å². The molecule has 2 saturated heterocycles. The lowest BCUT2D eigenvalue weighted by molar-refractivity contribution is 0.0342. The van der Waals surface area contributed by atoms with Crippen LogP contribution in [0, 0.1) is 5.92 Å². The summed E-state index contributed by atoms with van der Waals surface area (Å²) in [4.78, 5) is 9.17. The number of aromatic nitrogens is 1. The highest BCUT2D eigenvalue weighted by atomic mass is 16.5. The summed E-state index contributed by atoms with van der Waals surface area (Å²) < 4.78 is 5.39. The van der Waals surface area contributed by atoms with Gasteiger partial charge in [-0.1, -0.05) is 0 Å². The van der Waals surface area contributed by atoms with Crippen molar-refractivity contribution in [2.75, 3.05) is 56.6 Å². The van der Waals surface area contributed by atoms with Crippen LogP contribution >= 0.6 is 0 Å². The molecule has 0 radical (unpaired) electrons. The van der Waals surface area contributed by atoms with Crippen LogP contribution in [-0.2, 0) is 11.3 Å². The molecule has 0 bridgehead atoms. The summed E-state index contributed by atoms with van der Waals surface area (Å²) in [5.41, 5.74) is 7.22. The van der Waals surface area contributed by atoms with Crippen LogP contribution < -0.4 is 10.6 Å². The van der Waals surface area contributed by atoms with Crippen LogP contribution in [-0.4, -0.2) is 61.0 Å². The number of ether oxygens (including phenoxy) is 1. The fourth-order valence-electron chi connectivity index (χ4n) is 3.21. The van der Waals surface area contributed by atoms with E-state index in [9.17, 15) is 5.11 Å². The van der Waals surface area contributed by atoms with Gasteiger partial charge < -0.3 is 20.5 Å². The number of aliphatic hydroxyl groups excluding tert-OH is 1. The highest BCUT2D eigenvalue weighted by Crippen LogP contribution is 2.24. The minimum Gasteiger partial charge on any atom is -0.396 e. The van der Waals surface area contributed by atoms with E-state index in [0.29, 0.717) is 18.3 Å². The van der Waals surface area contributed by atoms with Crippen molar-refractivity contribution in [1.82, 2.24) is 9.88 Å². The molecule has 1 aromatic heterocycles. The van der Waals surface area contributed by atoms with E-state index in [1.807, 2.05) is 6.07 Å². The van der Waals surface area contributed by atoms with Gasteiger partial charge in [0.05, 0.1) is 13.2 Å². The number of hydrogen-bond donors (Lipinski definition) is 2. The lowest BCUT2D eigenvalue weighted by Crippen LogP contribution is -2.36. The molecule has 0 spiro atoms. The van der Waals surface area contributed by atoms with Crippen LogP contribution in [0.15, 0.2) is 12.1 Å². The van der Waals surface area contributed by atoms with Crippen LogP contribution in [0.3, 0.4) is 0 Å². The topological polar surface area (TPSA) is 74.8 Å². The van der Waals surface area contributed by atoms with Crippen molar-refractivity contribution >= 4 is 11.6 Å². The molecule has 0 aromatic carbocycles. The van der Waals surface area contributed by atoms with Gasteiger partial charge in [-0.3, -0.25) is 4.90 Å². The second-order valence-electron chi connectivity index (χ2n) is 6.26. The Morgan fingerprint density at radius 3 is 2.59 bits per heavy atom. The van der Waals surface area contributed by atoms with Crippen LogP contribution in [0.1, 0.15) is 18.4 Å². The maximum absolute atomic E-state index is 9.25. The van der Waals surface area contributed by atoms with Gasteiger partial charge in [-0.05, 0) is 36.5 Å². The van der Waals surface area contributed by atoms with Gasteiger partial charge in [0.2, 0.25) is 0 Å². The van der Waals surface area contributed by atoms with Crippen molar-refractivity contribution in [2.45, 2.75) is 19.4 Å². The van der Waals surface area contributed by atoms with Crippen molar-refractivity contribution in [3.63, 3.8) is 0 Å². The normalized spacial score (nSPS) is 21.2. The molecular formula is C16H26N4O2. The van der Waals surface area contributed by atoms with E-state index in [4.69, 9.17) is 10.5 Å². The molecular weight excluding hydrogens is 280 g/mol. The lowest BCUT2D eigenvalue weighted by atomic mass is 9.98. The highest BCUT2D eigenvalue weighted by Gasteiger charge is 2.20. The number of nitrogens with zero attached hydrogens (tertiary/aromatic N) is 3. The van der Waals surface area contributed by atoms with Gasteiger partial charge in [0, 0.05) is 39.3 Å². The minimum absolute atomic E-state index is 0.292. The fourth-order valence-corrected chi connectivity index (χ4v) is 3.21. The quantitative estimate of drug-likeness (QED) is 0.853. The molecule has 3 heterocycles. The first kappa shape index (κ1) is 15.5. The van der Waals surface area contributed by atoms with Crippen molar-refractivity contribution in [3.05, 3.63) is 17.7 Å². The molecule has 2 fully saturated rings. The van der Waals surface area contributed by atoms with Crippen LogP contribution in [0.4, 0.5) is 11.6 Å². The minimum atomic E-state index is 0.292. The summed E-state index contributed by atoms with van der Waals surface area (Å²) in [5, 5.41) is 9.25. The number of pyridine rings is 1. The number of nitrogen functional groups attached to an aromatic ring is 1. The molecule has 0 aliphatic carbocycles. The molecule has 2 aliphatic rings. The van der Waals surface area contributed by atoms with Gasteiger partial charge in [0.25, 0.3) is 0 Å². The molecule has 6 nitrogen and oxygen atoms in total. The van der Waals surface area contributed by atoms with E-state index in [1.165, 1.54) is 5.56 Å². The van der Waals surface area contributed by atoms with E-state index in [1.54, 1.807) is 0 Å². The molecule has 0 amide bonds. The number of anilines is 2. The van der Waals surface area contributed by atoms with E-state index in [2.05, 4.69) is 20.9 Å². The smallest absolute Gasteiger partial charge is 0.131 e. The van der Waals surface area contributed by atoms with Gasteiger partial charge in [0.1, 0.15) is 11.6 Å². The summed E-state index contributed by atoms with van der Waals surface area (Å²) in [6.45, 7) is 6.64. The summed E-state index contributed by atoms with van der Waals surface area (Å²) in [5.74, 6) is 2.00. The summed E-state index contributed by atoms with van der Waals surface area (Å²) in [6, 6.07) is 4.13. The third kappa shape index (κ3) is 3.88. The average molecular weight is 306 g/mol. The van der Waals surface area contributed by atoms with Crippen LogP contribution in [0.25, 0.3) is 0 Å². The van der Waals surface area contributed by atoms with Gasteiger partial charge in [-0.15, -0.1) is 0 Å². The molecule has 3 N–H and O–H groups in total. The first-order valence-corrected chi connectivity index (χ1v) is 8.17.